The van der Waals surface area contributed by atoms with E-state index in [0.29, 0.717) is 0 Å². The fourth-order valence-electron chi connectivity index (χ4n) is 7.61. The molecular formula is C43H29N3S. The SMILES string of the molecule is c1ccc(C2N=C(c3ccccc3-c3ccc4c5c3sc3cccc(c35)-c3cccc5cccc-4c35)NC(c3ccccc3)N2)cc1. The average Bonchev–Trinajstić information content (AvgIpc) is 3.49. The number of hydrogen-bond donors (Lipinski definition) is 2. The van der Waals surface area contributed by atoms with Crippen LogP contribution in [-0.2, 0) is 0 Å². The van der Waals surface area contributed by atoms with Crippen LogP contribution in [0.3, 0.4) is 0 Å². The fraction of sp³-hybridized carbons (Fsp3) is 0.0465. The van der Waals surface area contributed by atoms with Crippen molar-refractivity contribution in [3.63, 3.8) is 0 Å². The third-order valence-corrected chi connectivity index (χ3v) is 10.9. The lowest BCUT2D eigenvalue weighted by Crippen LogP contribution is -2.45. The van der Waals surface area contributed by atoms with Crippen LogP contribution >= 0.6 is 11.3 Å². The van der Waals surface area contributed by atoms with E-state index in [1.807, 2.05) is 11.3 Å². The van der Waals surface area contributed by atoms with E-state index in [9.17, 15) is 0 Å². The van der Waals surface area contributed by atoms with Gasteiger partial charge in [-0.05, 0) is 55.8 Å². The molecule has 1 aromatic heterocycles. The van der Waals surface area contributed by atoms with Crippen LogP contribution in [0.5, 0.6) is 0 Å². The van der Waals surface area contributed by atoms with Crippen LogP contribution in [0.15, 0.2) is 157 Å². The quantitative estimate of drug-likeness (QED) is 0.206. The number of nitrogens with one attached hydrogen (secondary N) is 2. The van der Waals surface area contributed by atoms with Crippen molar-refractivity contribution in [2.45, 2.75) is 12.3 Å². The van der Waals surface area contributed by atoms with Gasteiger partial charge in [0.2, 0.25) is 0 Å². The van der Waals surface area contributed by atoms with Gasteiger partial charge in [-0.3, -0.25) is 5.32 Å². The smallest absolute Gasteiger partial charge is 0.132 e. The first-order valence-corrected chi connectivity index (χ1v) is 16.9. The van der Waals surface area contributed by atoms with Crippen LogP contribution < -0.4 is 10.6 Å². The highest BCUT2D eigenvalue weighted by atomic mass is 32.1. The predicted octanol–water partition coefficient (Wildman–Crippen LogP) is 10.9. The number of nitrogens with zero attached hydrogens (tertiary/aromatic N) is 1. The van der Waals surface area contributed by atoms with E-state index < -0.39 is 0 Å². The van der Waals surface area contributed by atoms with Crippen LogP contribution in [0.2, 0.25) is 0 Å². The van der Waals surface area contributed by atoms with E-state index in [0.717, 1.165) is 17.0 Å². The highest BCUT2D eigenvalue weighted by molar-refractivity contribution is 7.26. The molecule has 0 amide bonds. The Labute approximate surface area is 276 Å². The van der Waals surface area contributed by atoms with Crippen molar-refractivity contribution >= 4 is 48.1 Å². The van der Waals surface area contributed by atoms with Gasteiger partial charge in [-0.1, -0.05) is 146 Å². The highest BCUT2D eigenvalue weighted by Gasteiger charge is 2.28. The molecule has 3 nitrogen and oxygen atoms in total. The molecule has 0 spiro atoms. The third-order valence-electron chi connectivity index (χ3n) is 9.72. The molecule has 47 heavy (non-hydrogen) atoms. The molecule has 2 atom stereocenters. The van der Waals surface area contributed by atoms with Crippen LogP contribution in [-0.4, -0.2) is 5.84 Å². The monoisotopic (exact) mass is 619 g/mol. The summed E-state index contributed by atoms with van der Waals surface area (Å²) >= 11 is 1.90. The number of amidine groups is 1. The molecule has 4 heteroatoms. The van der Waals surface area contributed by atoms with Gasteiger partial charge in [0, 0.05) is 31.3 Å². The van der Waals surface area contributed by atoms with Crippen molar-refractivity contribution in [3.05, 3.63) is 168 Å². The Kier molecular flexibility index (Phi) is 5.95. The molecule has 2 heterocycles. The maximum atomic E-state index is 5.32. The van der Waals surface area contributed by atoms with Gasteiger partial charge in [0.05, 0.1) is 0 Å². The van der Waals surface area contributed by atoms with Gasteiger partial charge in [-0.15, -0.1) is 11.3 Å². The van der Waals surface area contributed by atoms with Crippen LogP contribution in [0.4, 0.5) is 0 Å². The Balaban J connectivity index is 1.20. The number of fused-ring (bicyclic) bond motifs is 2. The largest absolute Gasteiger partial charge is 0.350 e. The second-order valence-corrected chi connectivity index (χ2v) is 13.4. The van der Waals surface area contributed by atoms with E-state index in [2.05, 4.69) is 162 Å². The van der Waals surface area contributed by atoms with E-state index in [4.69, 9.17) is 4.99 Å². The zero-order chi connectivity index (χ0) is 30.9. The van der Waals surface area contributed by atoms with Crippen molar-refractivity contribution in [1.29, 1.82) is 0 Å². The summed E-state index contributed by atoms with van der Waals surface area (Å²) in [4.78, 5) is 5.32. The molecule has 10 rings (SSSR count). The van der Waals surface area contributed by atoms with Crippen molar-refractivity contribution in [2.75, 3.05) is 0 Å². The lowest BCUT2D eigenvalue weighted by Gasteiger charge is -2.32. The molecule has 222 valence electrons. The first kappa shape index (κ1) is 26.6. The van der Waals surface area contributed by atoms with Gasteiger partial charge in [0.1, 0.15) is 18.2 Å². The lowest BCUT2D eigenvalue weighted by atomic mass is 9.91. The number of benzene rings is 7. The summed E-state index contributed by atoms with van der Waals surface area (Å²) in [7, 11) is 0. The Morgan fingerprint density at radius 3 is 1.77 bits per heavy atom. The summed E-state index contributed by atoms with van der Waals surface area (Å²) in [5.41, 5.74) is 11.1. The van der Waals surface area contributed by atoms with Crippen molar-refractivity contribution in [2.24, 2.45) is 4.99 Å². The maximum Gasteiger partial charge on any atom is 0.132 e. The van der Waals surface area contributed by atoms with E-state index >= 15 is 0 Å². The molecular weight excluding hydrogens is 591 g/mol. The molecule has 1 aliphatic carbocycles. The Hall–Kier alpha value is -5.55. The van der Waals surface area contributed by atoms with Crippen molar-refractivity contribution in [3.8, 4) is 33.4 Å². The minimum atomic E-state index is -0.187. The molecule has 2 unspecified atom stereocenters. The lowest BCUT2D eigenvalue weighted by molar-refractivity contribution is 0.409. The Morgan fingerprint density at radius 1 is 0.447 bits per heavy atom. The second kappa shape index (κ2) is 10.5. The molecule has 1 aliphatic heterocycles. The topological polar surface area (TPSA) is 36.4 Å². The molecule has 7 aromatic carbocycles. The minimum Gasteiger partial charge on any atom is -0.350 e. The average molecular weight is 620 g/mol. The van der Waals surface area contributed by atoms with Gasteiger partial charge < -0.3 is 5.32 Å². The number of aliphatic imine (C=N–C) groups is 1. The molecule has 2 N–H and O–H groups in total. The van der Waals surface area contributed by atoms with Crippen molar-refractivity contribution < 1.29 is 0 Å². The van der Waals surface area contributed by atoms with Gasteiger partial charge in [-0.25, -0.2) is 4.99 Å². The molecule has 0 radical (unpaired) electrons. The Morgan fingerprint density at radius 2 is 1.02 bits per heavy atom. The zero-order valence-electron chi connectivity index (χ0n) is 25.4. The first-order valence-electron chi connectivity index (χ1n) is 16.1. The van der Waals surface area contributed by atoms with Crippen molar-refractivity contribution in [1.82, 2.24) is 10.6 Å². The van der Waals surface area contributed by atoms with E-state index in [1.165, 1.54) is 69.9 Å². The van der Waals surface area contributed by atoms with Gasteiger partial charge in [0.25, 0.3) is 0 Å². The van der Waals surface area contributed by atoms with Gasteiger partial charge >= 0.3 is 0 Å². The normalized spacial score (nSPS) is 16.7. The van der Waals surface area contributed by atoms with E-state index in [-0.39, 0.29) is 12.3 Å². The number of thiophene rings is 1. The van der Waals surface area contributed by atoms with Crippen LogP contribution in [0, 0.1) is 0 Å². The molecule has 0 saturated carbocycles. The minimum absolute atomic E-state index is 0.0932. The number of rotatable bonds is 4. The second-order valence-electron chi connectivity index (χ2n) is 12.3. The summed E-state index contributed by atoms with van der Waals surface area (Å²) in [6.45, 7) is 0. The third kappa shape index (κ3) is 4.12. The summed E-state index contributed by atoms with van der Waals surface area (Å²) in [5.74, 6) is 0.891. The van der Waals surface area contributed by atoms with Gasteiger partial charge in [0.15, 0.2) is 0 Å². The van der Waals surface area contributed by atoms with Gasteiger partial charge in [-0.2, -0.15) is 0 Å². The number of hydrogen-bond acceptors (Lipinski definition) is 4. The molecule has 0 saturated heterocycles. The zero-order valence-corrected chi connectivity index (χ0v) is 26.3. The Bertz CT molecular complexity index is 2530. The summed E-state index contributed by atoms with van der Waals surface area (Å²) < 4.78 is 2.63. The molecule has 0 fully saturated rings. The van der Waals surface area contributed by atoms with Crippen LogP contribution in [0.1, 0.15) is 29.0 Å². The molecule has 2 aliphatic rings. The summed E-state index contributed by atoms with van der Waals surface area (Å²) in [6.07, 6.45) is -0.280. The van der Waals surface area contributed by atoms with E-state index in [1.54, 1.807) is 0 Å². The highest BCUT2D eigenvalue weighted by Crippen LogP contribution is 2.52. The standard InChI is InChI=1S/C43H29N3S/c1-3-12-27(13-4-1)41-44-42(28-14-5-2-6-15-28)46-43(45-41)35-19-8-7-18-29(35)34-25-24-33-31-21-10-17-26-16-9-20-30(37(26)31)32-22-11-23-36-38(32)39(33)40(34)47-36/h1-25,41-42,44H,(H,45,46). The predicted molar refractivity (Wildman–Crippen MR) is 198 cm³/mol. The fourth-order valence-corrected chi connectivity index (χ4v) is 8.90. The first-order chi connectivity index (χ1) is 23.3. The molecule has 0 bridgehead atoms. The van der Waals surface area contributed by atoms with Crippen LogP contribution in [0.25, 0.3) is 64.3 Å². The summed E-state index contributed by atoms with van der Waals surface area (Å²) in [6, 6.07) is 54.8. The maximum absolute atomic E-state index is 5.32. The molecule has 8 aromatic rings. The summed E-state index contributed by atoms with van der Waals surface area (Å²) in [5, 5.41) is 12.8.